The number of cyclic esters (lactones) is 1. The van der Waals surface area contributed by atoms with Crippen LogP contribution in [0.1, 0.15) is 79.8 Å². The van der Waals surface area contributed by atoms with E-state index in [0.717, 1.165) is 25.7 Å². The molecule has 0 radical (unpaired) electrons. The summed E-state index contributed by atoms with van der Waals surface area (Å²) in [5.74, 6) is -0.184. The maximum Gasteiger partial charge on any atom is 0.408 e. The maximum atomic E-state index is 13.4. The average molecular weight is 539 g/mol. The lowest BCUT2D eigenvalue weighted by atomic mass is 9.88. The predicted molar refractivity (Wildman–Crippen MR) is 141 cm³/mol. The molecule has 1 aromatic heterocycles. The summed E-state index contributed by atoms with van der Waals surface area (Å²) in [4.78, 5) is 30.7. The van der Waals surface area contributed by atoms with Crippen LogP contribution < -0.4 is 10.1 Å². The van der Waals surface area contributed by atoms with Crippen LogP contribution in [0.25, 0.3) is 0 Å². The van der Waals surface area contributed by atoms with E-state index in [4.69, 9.17) is 18.9 Å². The second-order valence-electron chi connectivity index (χ2n) is 11.5. The van der Waals surface area contributed by atoms with E-state index in [1.165, 1.54) is 0 Å². The first kappa shape index (κ1) is 29.4. The number of pyridine rings is 1. The number of alkyl carbamates (subject to hydrolysis) is 1. The summed E-state index contributed by atoms with van der Waals surface area (Å²) >= 11 is 0. The Hall–Kier alpha value is -2.20. The lowest BCUT2D eigenvalue weighted by Crippen LogP contribution is -2.61. The molecular weight excluding hydrogens is 496 g/mol. The van der Waals surface area contributed by atoms with Crippen LogP contribution in [0.3, 0.4) is 0 Å². The zero-order valence-electron chi connectivity index (χ0n) is 23.1. The van der Waals surface area contributed by atoms with Crippen molar-refractivity contribution in [2.45, 2.75) is 110 Å². The average Bonchev–Trinajstić information content (AvgIpc) is 3.02. The van der Waals surface area contributed by atoms with Crippen LogP contribution in [-0.4, -0.2) is 61.9 Å². The first-order valence-corrected chi connectivity index (χ1v) is 14.6. The lowest BCUT2D eigenvalue weighted by molar-refractivity contribution is -0.169. The minimum absolute atomic E-state index is 0.00442. The molecule has 0 aromatic carbocycles. The fourth-order valence-corrected chi connectivity index (χ4v) is 5.70. The van der Waals surface area contributed by atoms with Crippen molar-refractivity contribution in [2.75, 3.05) is 11.5 Å². The van der Waals surface area contributed by atoms with Crippen molar-refractivity contribution in [3.63, 3.8) is 0 Å². The Morgan fingerprint density at radius 2 is 1.95 bits per heavy atom. The van der Waals surface area contributed by atoms with Crippen molar-refractivity contribution in [3.8, 4) is 5.75 Å². The van der Waals surface area contributed by atoms with Gasteiger partial charge in [-0.1, -0.05) is 13.8 Å². The fourth-order valence-electron chi connectivity index (χ4n) is 4.74. The highest BCUT2D eigenvalue weighted by Crippen LogP contribution is 2.38. The highest BCUT2D eigenvalue weighted by Gasteiger charge is 2.59. The largest absolute Gasteiger partial charge is 0.490 e. The molecule has 1 aliphatic carbocycles. The van der Waals surface area contributed by atoms with Gasteiger partial charge in [-0.25, -0.2) is 9.59 Å². The second-order valence-corrected chi connectivity index (χ2v) is 13.3. The fraction of sp³-hybridized carbons (Fsp3) is 0.741. The number of nitrogens with zero attached hydrogens (tertiary/aromatic N) is 1. The van der Waals surface area contributed by atoms with E-state index in [0.29, 0.717) is 23.1 Å². The standard InChI is InChI=1S/C27H42N2O7S/c1-8-37(32)17-22(29-24(31)35-25(3,4)5)27(23(30)34-26(6,7)36-27)16-19-15-21(13-14-28-19)33-20-11-9-18(2)10-12-20/h13-15,18,20,22H,8-12,16-17H2,1-7H3,(H,29,31)/t18?,20?,22-,27+,37?/m0/s1. The molecule has 3 rings (SSSR count). The SMILES string of the molecule is CCS(=O)C[C@H](NC(=O)OC(C)(C)C)[C@@]1(Cc2cc(OC3CCC(C)CC3)ccn2)OC(C)(C)OC1=O. The zero-order valence-corrected chi connectivity index (χ0v) is 23.9. The number of esters is 1. The van der Waals surface area contributed by atoms with Gasteiger partial charge < -0.3 is 24.3 Å². The molecule has 37 heavy (non-hydrogen) atoms. The van der Waals surface area contributed by atoms with Gasteiger partial charge in [0.2, 0.25) is 5.79 Å². The summed E-state index contributed by atoms with van der Waals surface area (Å²) in [5, 5.41) is 2.76. The molecule has 1 unspecified atom stereocenters. The van der Waals surface area contributed by atoms with Crippen LogP contribution in [-0.2, 0) is 36.2 Å². The first-order chi connectivity index (χ1) is 17.2. The molecule has 1 aromatic rings. The Morgan fingerprint density at radius 1 is 1.27 bits per heavy atom. The van der Waals surface area contributed by atoms with Crippen molar-refractivity contribution >= 4 is 22.9 Å². The molecule has 0 bridgehead atoms. The number of nitrogens with one attached hydrogen (secondary N) is 1. The van der Waals surface area contributed by atoms with Gasteiger partial charge in [0, 0.05) is 60.5 Å². The third kappa shape index (κ3) is 8.14. The molecule has 3 atom stereocenters. The molecule has 1 amide bonds. The van der Waals surface area contributed by atoms with E-state index in [1.807, 2.05) is 0 Å². The number of aromatic nitrogens is 1. The Bertz CT molecular complexity index is 985. The second kappa shape index (κ2) is 11.7. The van der Waals surface area contributed by atoms with E-state index in [1.54, 1.807) is 59.9 Å². The highest BCUT2D eigenvalue weighted by atomic mass is 32.2. The molecule has 2 heterocycles. The summed E-state index contributed by atoms with van der Waals surface area (Å²) in [5.41, 5.74) is -1.88. The molecule has 0 spiro atoms. The van der Waals surface area contributed by atoms with E-state index >= 15 is 0 Å². The number of rotatable bonds is 9. The lowest BCUT2D eigenvalue weighted by Gasteiger charge is -2.35. The number of amides is 1. The van der Waals surface area contributed by atoms with Gasteiger partial charge in [0.25, 0.3) is 0 Å². The van der Waals surface area contributed by atoms with Gasteiger partial charge in [-0.05, 0) is 58.4 Å². The molecule has 2 fully saturated rings. The quantitative estimate of drug-likeness (QED) is 0.463. The molecule has 9 nitrogen and oxygen atoms in total. The van der Waals surface area contributed by atoms with E-state index in [2.05, 4.69) is 17.2 Å². The number of ether oxygens (including phenoxy) is 4. The first-order valence-electron chi connectivity index (χ1n) is 13.1. The molecular formula is C27H42N2O7S. The van der Waals surface area contributed by atoms with Crippen molar-refractivity contribution < 1.29 is 32.7 Å². The number of carbonyl (C=O) groups is 2. The smallest absolute Gasteiger partial charge is 0.408 e. The number of hydrogen-bond donors (Lipinski definition) is 1. The van der Waals surface area contributed by atoms with Crippen LogP contribution >= 0.6 is 0 Å². The molecule has 1 saturated heterocycles. The topological polar surface area (TPSA) is 113 Å². The molecule has 208 valence electrons. The van der Waals surface area contributed by atoms with Gasteiger partial charge in [-0.3, -0.25) is 9.19 Å². The van der Waals surface area contributed by atoms with Crippen molar-refractivity contribution in [2.24, 2.45) is 5.92 Å². The Balaban J connectivity index is 1.91. The zero-order chi connectivity index (χ0) is 27.4. The summed E-state index contributed by atoms with van der Waals surface area (Å²) in [6.07, 6.45) is 5.29. The van der Waals surface area contributed by atoms with Gasteiger partial charge >= 0.3 is 12.1 Å². The van der Waals surface area contributed by atoms with Crippen LogP contribution in [0.5, 0.6) is 5.75 Å². The monoisotopic (exact) mass is 538 g/mol. The van der Waals surface area contributed by atoms with Crippen LogP contribution in [0, 0.1) is 5.92 Å². The molecule has 1 saturated carbocycles. The maximum absolute atomic E-state index is 13.4. The summed E-state index contributed by atoms with van der Waals surface area (Å²) in [6.45, 7) is 12.5. The molecule has 2 aliphatic rings. The number of hydrogen-bond acceptors (Lipinski definition) is 8. The van der Waals surface area contributed by atoms with Gasteiger partial charge in [0.15, 0.2) is 5.60 Å². The van der Waals surface area contributed by atoms with Crippen molar-refractivity contribution in [1.82, 2.24) is 10.3 Å². The summed E-state index contributed by atoms with van der Waals surface area (Å²) < 4.78 is 36.2. The third-order valence-corrected chi connectivity index (χ3v) is 7.89. The van der Waals surface area contributed by atoms with Crippen LogP contribution in [0.15, 0.2) is 18.3 Å². The van der Waals surface area contributed by atoms with E-state index in [9.17, 15) is 13.8 Å². The highest BCUT2D eigenvalue weighted by molar-refractivity contribution is 7.85. The number of carbonyl (C=O) groups excluding carboxylic acids is 2. The van der Waals surface area contributed by atoms with E-state index < -0.39 is 45.9 Å². The molecule has 1 aliphatic heterocycles. The minimum atomic E-state index is -1.66. The Labute approximate surface area is 222 Å². The van der Waals surface area contributed by atoms with Gasteiger partial charge in [-0.2, -0.15) is 0 Å². The van der Waals surface area contributed by atoms with Gasteiger partial charge in [0.1, 0.15) is 11.4 Å². The summed E-state index contributed by atoms with van der Waals surface area (Å²) in [7, 11) is -1.33. The van der Waals surface area contributed by atoms with Crippen molar-refractivity contribution in [1.29, 1.82) is 0 Å². The van der Waals surface area contributed by atoms with Crippen LogP contribution in [0.2, 0.25) is 0 Å². The predicted octanol–water partition coefficient (Wildman–Crippen LogP) is 4.29. The Kier molecular flexibility index (Phi) is 9.27. The molecule has 1 N–H and O–H groups in total. The van der Waals surface area contributed by atoms with Crippen molar-refractivity contribution in [3.05, 3.63) is 24.0 Å². The molecule has 10 heteroatoms. The van der Waals surface area contributed by atoms with Gasteiger partial charge in [0.05, 0.1) is 12.1 Å². The third-order valence-electron chi connectivity index (χ3n) is 6.54. The van der Waals surface area contributed by atoms with Gasteiger partial charge in [-0.15, -0.1) is 0 Å². The summed E-state index contributed by atoms with van der Waals surface area (Å²) in [6, 6.07) is 2.61. The normalized spacial score (nSPS) is 27.2. The van der Waals surface area contributed by atoms with E-state index in [-0.39, 0.29) is 18.3 Å². The van der Waals surface area contributed by atoms with Crippen LogP contribution in [0.4, 0.5) is 4.79 Å². The Morgan fingerprint density at radius 3 is 2.51 bits per heavy atom. The minimum Gasteiger partial charge on any atom is -0.490 e.